The van der Waals surface area contributed by atoms with E-state index in [0.717, 1.165) is 0 Å². The molecule has 6 heteroatoms. The topological polar surface area (TPSA) is 95.1 Å². The molecule has 0 atom stereocenters. The molecule has 2 aromatic rings. The number of carbonyl (C=O) groups is 2. The molecule has 6 nitrogen and oxygen atoms in total. The normalized spacial score (nSPS) is 10.1. The third-order valence-electron chi connectivity index (χ3n) is 2.36. The average Bonchev–Trinajstić information content (AvgIpc) is 2.78. The zero-order valence-electron chi connectivity index (χ0n) is 9.60. The first kappa shape index (κ1) is 11.8. The molecule has 18 heavy (non-hydrogen) atoms. The van der Waals surface area contributed by atoms with Crippen LogP contribution in [-0.2, 0) is 4.79 Å². The molecule has 3 N–H and O–H groups in total. The Kier molecular flexibility index (Phi) is 3.09. The molecule has 0 saturated heterocycles. The number of rotatable bonds is 3. The van der Waals surface area contributed by atoms with Crippen LogP contribution in [0, 0.1) is 0 Å². The molecule has 2 rings (SSSR count). The van der Waals surface area contributed by atoms with Crippen molar-refractivity contribution in [3.05, 3.63) is 36.0 Å². The van der Waals surface area contributed by atoms with Crippen LogP contribution < -0.4 is 5.32 Å². The largest absolute Gasteiger partial charge is 0.478 e. The first-order valence-electron chi connectivity index (χ1n) is 5.22. The number of amides is 1. The van der Waals surface area contributed by atoms with Gasteiger partial charge in [0.05, 0.1) is 11.9 Å². The van der Waals surface area contributed by atoms with Gasteiger partial charge in [-0.15, -0.1) is 0 Å². The first-order chi connectivity index (χ1) is 8.58. The summed E-state index contributed by atoms with van der Waals surface area (Å²) in [5.74, 6) is -1.19. The van der Waals surface area contributed by atoms with Crippen LogP contribution in [0.3, 0.4) is 0 Å². The summed E-state index contributed by atoms with van der Waals surface area (Å²) >= 11 is 0. The molecule has 0 aliphatic rings. The van der Waals surface area contributed by atoms with E-state index in [2.05, 4.69) is 15.5 Å². The molecule has 0 unspecified atom stereocenters. The van der Waals surface area contributed by atoms with Gasteiger partial charge in [-0.2, -0.15) is 5.10 Å². The number of aromatic amines is 1. The van der Waals surface area contributed by atoms with Crippen molar-refractivity contribution in [1.29, 1.82) is 0 Å². The van der Waals surface area contributed by atoms with Crippen molar-refractivity contribution < 1.29 is 14.7 Å². The van der Waals surface area contributed by atoms with Gasteiger partial charge in [0, 0.05) is 18.2 Å². The quantitative estimate of drug-likeness (QED) is 0.767. The second kappa shape index (κ2) is 4.70. The summed E-state index contributed by atoms with van der Waals surface area (Å²) in [7, 11) is 0. The van der Waals surface area contributed by atoms with Crippen LogP contribution in [0.4, 0.5) is 5.69 Å². The molecule has 0 aliphatic carbocycles. The molecule has 0 fully saturated rings. The van der Waals surface area contributed by atoms with E-state index in [1.807, 2.05) is 0 Å². The van der Waals surface area contributed by atoms with E-state index in [4.69, 9.17) is 5.11 Å². The Bertz CT molecular complexity index is 587. The maximum atomic E-state index is 11.0. The minimum atomic E-state index is -1.04. The van der Waals surface area contributed by atoms with Gasteiger partial charge in [-0.3, -0.25) is 9.89 Å². The van der Waals surface area contributed by atoms with Gasteiger partial charge < -0.3 is 10.4 Å². The van der Waals surface area contributed by atoms with Crippen LogP contribution in [0.2, 0.25) is 0 Å². The number of nitrogens with zero attached hydrogens (tertiary/aromatic N) is 1. The third-order valence-corrected chi connectivity index (χ3v) is 2.36. The summed E-state index contributed by atoms with van der Waals surface area (Å²) in [5, 5.41) is 18.0. The highest BCUT2D eigenvalue weighted by atomic mass is 16.4. The molecular weight excluding hydrogens is 234 g/mol. The Morgan fingerprint density at radius 2 is 1.94 bits per heavy atom. The third kappa shape index (κ3) is 2.37. The number of anilines is 1. The maximum Gasteiger partial charge on any atom is 0.339 e. The summed E-state index contributed by atoms with van der Waals surface area (Å²) in [4.78, 5) is 21.8. The van der Waals surface area contributed by atoms with Crippen LogP contribution in [0.25, 0.3) is 11.3 Å². The standard InChI is InChI=1S/C12H11N3O3/c1-7(16)14-9-4-2-8(3-5-9)11-10(12(17)18)6-13-15-11/h2-6H,1H3,(H,13,15)(H,14,16)(H,17,18). The molecule has 92 valence electrons. The predicted octanol–water partition coefficient (Wildman–Crippen LogP) is 1.73. The molecule has 0 aliphatic heterocycles. The number of nitrogens with one attached hydrogen (secondary N) is 2. The van der Waals surface area contributed by atoms with Gasteiger partial charge in [-0.05, 0) is 12.1 Å². The number of aromatic nitrogens is 2. The highest BCUT2D eigenvalue weighted by Gasteiger charge is 2.13. The van der Waals surface area contributed by atoms with Gasteiger partial charge in [0.15, 0.2) is 0 Å². The van der Waals surface area contributed by atoms with Gasteiger partial charge in [0.1, 0.15) is 5.56 Å². The van der Waals surface area contributed by atoms with Gasteiger partial charge >= 0.3 is 5.97 Å². The zero-order valence-corrected chi connectivity index (χ0v) is 9.60. The van der Waals surface area contributed by atoms with E-state index in [0.29, 0.717) is 16.9 Å². The fraction of sp³-hybridized carbons (Fsp3) is 0.0833. The summed E-state index contributed by atoms with van der Waals surface area (Å²) in [6.07, 6.45) is 1.26. The molecule has 1 aromatic carbocycles. The molecular formula is C12H11N3O3. The smallest absolute Gasteiger partial charge is 0.339 e. The van der Waals surface area contributed by atoms with Crippen LogP contribution in [0.1, 0.15) is 17.3 Å². The Morgan fingerprint density at radius 1 is 1.28 bits per heavy atom. The van der Waals surface area contributed by atoms with Crippen molar-refractivity contribution >= 4 is 17.6 Å². The van der Waals surface area contributed by atoms with E-state index >= 15 is 0 Å². The average molecular weight is 245 g/mol. The van der Waals surface area contributed by atoms with Crippen LogP contribution in [0.15, 0.2) is 30.5 Å². The molecule has 0 spiro atoms. The van der Waals surface area contributed by atoms with Crippen molar-refractivity contribution in [2.75, 3.05) is 5.32 Å². The van der Waals surface area contributed by atoms with Crippen LogP contribution in [0.5, 0.6) is 0 Å². The van der Waals surface area contributed by atoms with Crippen molar-refractivity contribution in [2.24, 2.45) is 0 Å². The van der Waals surface area contributed by atoms with Crippen molar-refractivity contribution in [3.8, 4) is 11.3 Å². The molecule has 1 aromatic heterocycles. The maximum absolute atomic E-state index is 11.0. The minimum Gasteiger partial charge on any atom is -0.478 e. The van der Waals surface area contributed by atoms with Gasteiger partial charge in [-0.1, -0.05) is 12.1 Å². The van der Waals surface area contributed by atoms with Crippen LogP contribution in [-0.4, -0.2) is 27.2 Å². The number of hydrogen-bond acceptors (Lipinski definition) is 3. The monoisotopic (exact) mass is 245 g/mol. The number of carboxylic acids is 1. The Hall–Kier alpha value is -2.63. The summed E-state index contributed by atoms with van der Waals surface area (Å²) in [6.45, 7) is 1.42. The predicted molar refractivity (Wildman–Crippen MR) is 65.3 cm³/mol. The molecule has 0 radical (unpaired) electrons. The lowest BCUT2D eigenvalue weighted by atomic mass is 10.1. The lowest BCUT2D eigenvalue weighted by Crippen LogP contribution is -2.05. The van der Waals surface area contributed by atoms with Crippen molar-refractivity contribution in [1.82, 2.24) is 10.2 Å². The summed E-state index contributed by atoms with van der Waals surface area (Å²) in [5.41, 5.74) is 1.90. The number of carbonyl (C=O) groups excluding carboxylic acids is 1. The number of benzene rings is 1. The fourth-order valence-electron chi connectivity index (χ4n) is 1.59. The molecule has 0 saturated carbocycles. The second-order valence-corrected chi connectivity index (χ2v) is 3.72. The fourth-order valence-corrected chi connectivity index (χ4v) is 1.59. The van der Waals surface area contributed by atoms with Gasteiger partial charge in [0.25, 0.3) is 0 Å². The summed E-state index contributed by atoms with van der Waals surface area (Å²) in [6, 6.07) is 6.82. The van der Waals surface area contributed by atoms with E-state index in [-0.39, 0.29) is 11.5 Å². The number of aromatic carboxylic acids is 1. The zero-order chi connectivity index (χ0) is 13.1. The lowest BCUT2D eigenvalue weighted by Gasteiger charge is -2.04. The van der Waals surface area contributed by atoms with Gasteiger partial charge in [-0.25, -0.2) is 4.79 Å². The highest BCUT2D eigenvalue weighted by molar-refractivity contribution is 5.95. The Morgan fingerprint density at radius 3 is 2.50 bits per heavy atom. The van der Waals surface area contributed by atoms with E-state index < -0.39 is 5.97 Å². The SMILES string of the molecule is CC(=O)Nc1ccc(-c2[nH]ncc2C(=O)O)cc1. The molecule has 1 heterocycles. The van der Waals surface area contributed by atoms with Gasteiger partial charge in [0.2, 0.25) is 5.91 Å². The van der Waals surface area contributed by atoms with Crippen LogP contribution >= 0.6 is 0 Å². The second-order valence-electron chi connectivity index (χ2n) is 3.72. The highest BCUT2D eigenvalue weighted by Crippen LogP contribution is 2.22. The van der Waals surface area contributed by atoms with E-state index in [1.165, 1.54) is 13.1 Å². The van der Waals surface area contributed by atoms with E-state index in [1.54, 1.807) is 24.3 Å². The number of H-pyrrole nitrogens is 1. The molecule has 1 amide bonds. The van der Waals surface area contributed by atoms with Crippen molar-refractivity contribution in [2.45, 2.75) is 6.92 Å². The minimum absolute atomic E-state index is 0.113. The number of hydrogen-bond donors (Lipinski definition) is 3. The first-order valence-corrected chi connectivity index (χ1v) is 5.22. The van der Waals surface area contributed by atoms with Crippen molar-refractivity contribution in [3.63, 3.8) is 0 Å². The van der Waals surface area contributed by atoms with E-state index in [9.17, 15) is 9.59 Å². The summed E-state index contributed by atoms with van der Waals surface area (Å²) < 4.78 is 0. The Labute approximate surface area is 103 Å². The lowest BCUT2D eigenvalue weighted by molar-refractivity contribution is -0.114. The molecule has 0 bridgehead atoms. The number of carboxylic acid groups (broad SMARTS) is 1. The Balaban J connectivity index is 2.31.